The van der Waals surface area contributed by atoms with Crippen LogP contribution in [0.3, 0.4) is 0 Å². The highest BCUT2D eigenvalue weighted by molar-refractivity contribution is 6.35. The zero-order valence-electron chi connectivity index (χ0n) is 16.8. The molecule has 0 aliphatic carbocycles. The molecule has 0 N–H and O–H groups in total. The summed E-state index contributed by atoms with van der Waals surface area (Å²) in [5.41, 5.74) is 1.48. The maximum Gasteiger partial charge on any atom is 0.215 e. The first-order chi connectivity index (χ1) is 15.6. The van der Waals surface area contributed by atoms with Gasteiger partial charge in [-0.3, -0.25) is 0 Å². The predicted molar refractivity (Wildman–Crippen MR) is 118 cm³/mol. The minimum atomic E-state index is -1.10. The molecule has 32 heavy (non-hydrogen) atoms. The monoisotopic (exact) mass is 471 g/mol. The van der Waals surface area contributed by atoms with Crippen molar-refractivity contribution >= 4 is 23.2 Å². The lowest BCUT2D eigenvalue weighted by atomic mass is 10.1. The number of ether oxygens (including phenoxy) is 3. The van der Waals surface area contributed by atoms with E-state index in [4.69, 9.17) is 37.4 Å². The van der Waals surface area contributed by atoms with Crippen LogP contribution in [0.2, 0.25) is 10.0 Å². The van der Waals surface area contributed by atoms with Crippen LogP contribution in [0, 0.1) is 0 Å². The number of hydrogen-bond donors (Lipinski definition) is 0. The van der Waals surface area contributed by atoms with Crippen molar-refractivity contribution in [1.29, 1.82) is 0 Å². The van der Waals surface area contributed by atoms with E-state index in [9.17, 15) is 0 Å². The van der Waals surface area contributed by atoms with Crippen LogP contribution in [0.25, 0.3) is 5.69 Å². The number of imidazole rings is 1. The summed E-state index contributed by atoms with van der Waals surface area (Å²) in [5.74, 6) is -0.430. The minimum Gasteiger partial charge on any atom is -0.489 e. The molecule has 0 saturated carbocycles. The van der Waals surface area contributed by atoms with Gasteiger partial charge < -0.3 is 18.8 Å². The van der Waals surface area contributed by atoms with E-state index >= 15 is 0 Å². The molecule has 2 aromatic carbocycles. The first kappa shape index (κ1) is 21.0. The molecular weight excluding hydrogens is 453 g/mol. The van der Waals surface area contributed by atoms with Crippen LogP contribution in [-0.2, 0) is 21.8 Å². The van der Waals surface area contributed by atoms with Crippen molar-refractivity contribution in [1.82, 2.24) is 24.3 Å². The van der Waals surface area contributed by atoms with E-state index in [0.717, 1.165) is 5.69 Å². The first-order valence-electron chi connectivity index (χ1n) is 9.93. The van der Waals surface area contributed by atoms with Gasteiger partial charge in [0.1, 0.15) is 36.8 Å². The van der Waals surface area contributed by atoms with Gasteiger partial charge in [0.2, 0.25) is 5.79 Å². The molecule has 1 saturated heterocycles. The largest absolute Gasteiger partial charge is 0.489 e. The third-order valence-electron chi connectivity index (χ3n) is 5.11. The summed E-state index contributed by atoms with van der Waals surface area (Å²) in [5, 5.41) is 5.19. The third-order valence-corrected chi connectivity index (χ3v) is 5.65. The van der Waals surface area contributed by atoms with Crippen LogP contribution in [0.5, 0.6) is 5.75 Å². The van der Waals surface area contributed by atoms with Gasteiger partial charge in [0.05, 0.1) is 24.5 Å². The van der Waals surface area contributed by atoms with Gasteiger partial charge in [-0.2, -0.15) is 5.10 Å². The standard InChI is InChI=1S/C22H19Cl2N5O3/c23-16-5-6-18(19(24)9-16)22(12-28-8-7-25-14-28)31-11-17(32-22)10-30-21-4-2-1-3-20(21)29-15-26-13-27-29/h1-9,13-15,17H,10-12H2. The molecule has 3 heterocycles. The Morgan fingerprint density at radius 3 is 2.81 bits per heavy atom. The van der Waals surface area contributed by atoms with Gasteiger partial charge >= 0.3 is 0 Å². The maximum absolute atomic E-state index is 6.52. The van der Waals surface area contributed by atoms with Crippen LogP contribution >= 0.6 is 23.2 Å². The number of halogens is 2. The van der Waals surface area contributed by atoms with Crippen LogP contribution in [0.4, 0.5) is 0 Å². The molecule has 0 amide bonds. The second kappa shape index (κ2) is 8.91. The summed E-state index contributed by atoms with van der Waals surface area (Å²) in [7, 11) is 0. The van der Waals surface area contributed by atoms with Crippen molar-refractivity contribution in [2.75, 3.05) is 13.2 Å². The van der Waals surface area contributed by atoms with E-state index in [1.54, 1.807) is 35.7 Å². The highest BCUT2D eigenvalue weighted by atomic mass is 35.5. The van der Waals surface area contributed by atoms with Gasteiger partial charge in [0, 0.05) is 23.0 Å². The molecule has 10 heteroatoms. The Hall–Kier alpha value is -2.91. The van der Waals surface area contributed by atoms with Crippen molar-refractivity contribution in [3.05, 3.63) is 89.4 Å². The van der Waals surface area contributed by atoms with E-state index in [-0.39, 0.29) is 12.7 Å². The fourth-order valence-corrected chi connectivity index (χ4v) is 4.21. The average Bonchev–Trinajstić information content (AvgIpc) is 3.56. The van der Waals surface area contributed by atoms with Gasteiger partial charge in [-0.05, 0) is 24.3 Å². The molecule has 2 aromatic heterocycles. The van der Waals surface area contributed by atoms with Gasteiger partial charge in [-0.25, -0.2) is 14.6 Å². The number of hydrogen-bond acceptors (Lipinski definition) is 6. The van der Waals surface area contributed by atoms with E-state index in [2.05, 4.69) is 15.1 Å². The highest BCUT2D eigenvalue weighted by Gasteiger charge is 2.45. The fourth-order valence-electron chi connectivity index (χ4n) is 3.66. The number of para-hydroxylation sites is 2. The quantitative estimate of drug-likeness (QED) is 0.403. The highest BCUT2D eigenvalue weighted by Crippen LogP contribution is 2.40. The molecule has 1 aliphatic rings. The van der Waals surface area contributed by atoms with Crippen molar-refractivity contribution in [2.24, 2.45) is 0 Å². The number of benzene rings is 2. The molecule has 8 nitrogen and oxygen atoms in total. The maximum atomic E-state index is 6.52. The van der Waals surface area contributed by atoms with Crippen LogP contribution in [0.15, 0.2) is 73.8 Å². The number of nitrogens with zero attached hydrogens (tertiary/aromatic N) is 5. The molecule has 5 rings (SSSR count). The predicted octanol–water partition coefficient (Wildman–Crippen LogP) is 4.12. The lowest BCUT2D eigenvalue weighted by Crippen LogP contribution is -2.34. The Morgan fingerprint density at radius 2 is 2.03 bits per heavy atom. The summed E-state index contributed by atoms with van der Waals surface area (Å²) >= 11 is 12.6. The van der Waals surface area contributed by atoms with Crippen molar-refractivity contribution in [3.8, 4) is 11.4 Å². The van der Waals surface area contributed by atoms with Crippen LogP contribution in [0.1, 0.15) is 5.56 Å². The van der Waals surface area contributed by atoms with Crippen LogP contribution in [-0.4, -0.2) is 43.6 Å². The average molecular weight is 472 g/mol. The third kappa shape index (κ3) is 4.22. The van der Waals surface area contributed by atoms with Gasteiger partial charge in [0.15, 0.2) is 0 Å². The minimum absolute atomic E-state index is 0.280. The summed E-state index contributed by atoms with van der Waals surface area (Å²) in [6.45, 7) is 0.988. The van der Waals surface area contributed by atoms with E-state index in [0.29, 0.717) is 34.5 Å². The normalized spacial score (nSPS) is 20.5. The molecule has 4 aromatic rings. The Labute approximate surface area is 194 Å². The van der Waals surface area contributed by atoms with E-state index in [1.165, 1.54) is 6.33 Å². The Balaban J connectivity index is 1.37. The Morgan fingerprint density at radius 1 is 1.12 bits per heavy atom. The number of rotatable bonds is 7. The summed E-state index contributed by atoms with van der Waals surface area (Å²) in [4.78, 5) is 8.12. The molecule has 2 unspecified atom stereocenters. The Bertz CT molecular complexity index is 1190. The number of aromatic nitrogens is 5. The zero-order chi connectivity index (χ0) is 22.0. The molecule has 0 spiro atoms. The molecule has 1 aliphatic heterocycles. The van der Waals surface area contributed by atoms with Crippen molar-refractivity contribution in [2.45, 2.75) is 18.4 Å². The summed E-state index contributed by atoms with van der Waals surface area (Å²) in [6.07, 6.45) is 8.02. The first-order valence-corrected chi connectivity index (χ1v) is 10.7. The molecule has 1 fully saturated rings. The van der Waals surface area contributed by atoms with Crippen molar-refractivity contribution < 1.29 is 14.2 Å². The van der Waals surface area contributed by atoms with Gasteiger partial charge in [-0.1, -0.05) is 41.4 Å². The smallest absolute Gasteiger partial charge is 0.215 e. The fraction of sp³-hybridized carbons (Fsp3) is 0.227. The second-order valence-electron chi connectivity index (χ2n) is 7.28. The van der Waals surface area contributed by atoms with Gasteiger partial charge in [0.25, 0.3) is 0 Å². The van der Waals surface area contributed by atoms with E-state index in [1.807, 2.05) is 41.1 Å². The SMILES string of the molecule is Clc1ccc(C2(Cn3ccnc3)OCC(COc3ccccc3-n3cncn3)O2)c(Cl)c1. The molecule has 2 atom stereocenters. The van der Waals surface area contributed by atoms with Crippen LogP contribution < -0.4 is 4.74 Å². The molecule has 164 valence electrons. The molecule has 0 radical (unpaired) electrons. The van der Waals surface area contributed by atoms with Gasteiger partial charge in [-0.15, -0.1) is 0 Å². The van der Waals surface area contributed by atoms with Crippen molar-refractivity contribution in [3.63, 3.8) is 0 Å². The summed E-state index contributed by atoms with van der Waals surface area (Å²) < 4.78 is 22.3. The molecular formula is C22H19Cl2N5O3. The Kier molecular flexibility index (Phi) is 5.84. The summed E-state index contributed by atoms with van der Waals surface area (Å²) in [6, 6.07) is 12.9. The van der Waals surface area contributed by atoms with E-state index < -0.39 is 5.79 Å². The lowest BCUT2D eigenvalue weighted by Gasteiger charge is -2.30. The molecule has 0 bridgehead atoms. The second-order valence-corrected chi connectivity index (χ2v) is 8.13. The lowest BCUT2D eigenvalue weighted by molar-refractivity contribution is -0.189. The topological polar surface area (TPSA) is 76.2 Å². The zero-order valence-corrected chi connectivity index (χ0v) is 18.4.